The van der Waals surface area contributed by atoms with Crippen LogP contribution in [0.5, 0.6) is 0 Å². The van der Waals surface area contributed by atoms with Crippen LogP contribution in [0.4, 0.5) is 5.69 Å². The number of benzene rings is 1. The minimum atomic E-state index is 0.0747. The lowest BCUT2D eigenvalue weighted by Crippen LogP contribution is -2.32. The molecule has 0 bridgehead atoms. The number of carbonyl (C=O) groups excluding carboxylic acids is 1. The number of rotatable bonds is 2. The Morgan fingerprint density at radius 2 is 1.94 bits per heavy atom. The van der Waals surface area contributed by atoms with Crippen molar-refractivity contribution in [3.8, 4) is 0 Å². The van der Waals surface area contributed by atoms with Crippen molar-refractivity contribution in [3.63, 3.8) is 0 Å². The lowest BCUT2D eigenvalue weighted by atomic mass is 9.99. The highest BCUT2D eigenvalue weighted by atomic mass is 16.2. The highest BCUT2D eigenvalue weighted by molar-refractivity contribution is 5.96. The van der Waals surface area contributed by atoms with Crippen LogP contribution in [-0.4, -0.2) is 12.5 Å². The van der Waals surface area contributed by atoms with Crippen molar-refractivity contribution < 1.29 is 4.79 Å². The smallest absolute Gasteiger partial charge is 0.229 e. The van der Waals surface area contributed by atoms with E-state index in [0.717, 1.165) is 18.7 Å². The summed E-state index contributed by atoms with van der Waals surface area (Å²) in [7, 11) is 0. The predicted molar refractivity (Wildman–Crippen MR) is 71.4 cm³/mol. The zero-order valence-corrected chi connectivity index (χ0v) is 11.2. The number of hydrogen-bond acceptors (Lipinski definition) is 1. The fourth-order valence-electron chi connectivity index (χ4n) is 2.32. The molecule has 0 saturated heterocycles. The molecule has 1 aliphatic rings. The van der Waals surface area contributed by atoms with E-state index in [1.54, 1.807) is 0 Å². The Balaban J connectivity index is 2.31. The van der Waals surface area contributed by atoms with Gasteiger partial charge in [0.05, 0.1) is 0 Å². The maximum atomic E-state index is 12.1. The van der Waals surface area contributed by atoms with Gasteiger partial charge in [0.1, 0.15) is 0 Å². The van der Waals surface area contributed by atoms with Gasteiger partial charge >= 0.3 is 0 Å². The maximum absolute atomic E-state index is 12.1. The molecule has 2 rings (SSSR count). The van der Waals surface area contributed by atoms with Crippen LogP contribution in [0.25, 0.3) is 0 Å². The minimum absolute atomic E-state index is 0.0747. The average Bonchev–Trinajstić information content (AvgIpc) is 2.70. The first-order chi connectivity index (χ1) is 8.00. The Bertz CT molecular complexity index is 435. The Morgan fingerprint density at radius 1 is 1.24 bits per heavy atom. The molecule has 0 aliphatic carbocycles. The number of nitrogens with zero attached hydrogens (tertiary/aromatic N) is 1. The maximum Gasteiger partial charge on any atom is 0.229 e. The fraction of sp³-hybridized carbons (Fsp3) is 0.533. The molecule has 0 unspecified atom stereocenters. The van der Waals surface area contributed by atoms with Gasteiger partial charge in [-0.25, -0.2) is 0 Å². The van der Waals surface area contributed by atoms with Gasteiger partial charge in [0, 0.05) is 18.2 Å². The third kappa shape index (κ3) is 2.21. The van der Waals surface area contributed by atoms with Crippen LogP contribution in [0.15, 0.2) is 18.2 Å². The highest BCUT2D eigenvalue weighted by Crippen LogP contribution is 2.31. The molecule has 0 radical (unpaired) electrons. The lowest BCUT2D eigenvalue weighted by Gasteiger charge is -2.20. The van der Waals surface area contributed by atoms with Crippen molar-refractivity contribution in [2.75, 3.05) is 11.4 Å². The largest absolute Gasteiger partial charge is 0.312 e. The molecule has 0 aromatic heterocycles. The molecule has 1 amide bonds. The fourth-order valence-corrected chi connectivity index (χ4v) is 2.32. The van der Waals surface area contributed by atoms with Gasteiger partial charge in [-0.05, 0) is 29.5 Å². The lowest BCUT2D eigenvalue weighted by molar-refractivity contribution is -0.121. The summed E-state index contributed by atoms with van der Waals surface area (Å²) < 4.78 is 0. The number of fused-ring (bicyclic) bond motifs is 1. The van der Waals surface area contributed by atoms with Crippen LogP contribution in [-0.2, 0) is 11.2 Å². The summed E-state index contributed by atoms with van der Waals surface area (Å²) in [5, 5.41) is 0. The van der Waals surface area contributed by atoms with E-state index in [2.05, 4.69) is 32.0 Å². The number of amides is 1. The summed E-state index contributed by atoms with van der Waals surface area (Å²) in [6.07, 6.45) is 0.994. The van der Waals surface area contributed by atoms with Gasteiger partial charge in [-0.1, -0.05) is 39.8 Å². The van der Waals surface area contributed by atoms with E-state index in [9.17, 15) is 4.79 Å². The van der Waals surface area contributed by atoms with Crippen molar-refractivity contribution in [1.29, 1.82) is 0 Å². The van der Waals surface area contributed by atoms with Crippen LogP contribution in [0.1, 0.15) is 44.7 Å². The zero-order chi connectivity index (χ0) is 12.6. The SMILES string of the molecule is CC(C)C(=O)N1CCc2cc(C(C)C)ccc21. The van der Waals surface area contributed by atoms with Crippen LogP contribution in [0, 0.1) is 5.92 Å². The van der Waals surface area contributed by atoms with Gasteiger partial charge in [0.15, 0.2) is 0 Å². The van der Waals surface area contributed by atoms with Gasteiger partial charge in [-0.3, -0.25) is 4.79 Å². The van der Waals surface area contributed by atoms with Crippen molar-refractivity contribution in [3.05, 3.63) is 29.3 Å². The van der Waals surface area contributed by atoms with Crippen LogP contribution in [0.2, 0.25) is 0 Å². The van der Waals surface area contributed by atoms with Crippen LogP contribution < -0.4 is 4.90 Å². The van der Waals surface area contributed by atoms with Gasteiger partial charge < -0.3 is 4.90 Å². The summed E-state index contributed by atoms with van der Waals surface area (Å²) in [5.74, 6) is 0.863. The molecule has 0 spiro atoms. The second-order valence-corrected chi connectivity index (χ2v) is 5.44. The Labute approximate surface area is 104 Å². The van der Waals surface area contributed by atoms with Crippen LogP contribution >= 0.6 is 0 Å². The zero-order valence-electron chi connectivity index (χ0n) is 11.2. The Kier molecular flexibility index (Phi) is 3.23. The summed E-state index contributed by atoms with van der Waals surface area (Å²) in [6.45, 7) is 9.17. The molecular weight excluding hydrogens is 210 g/mol. The second kappa shape index (κ2) is 4.52. The first kappa shape index (κ1) is 12.2. The molecule has 17 heavy (non-hydrogen) atoms. The first-order valence-corrected chi connectivity index (χ1v) is 6.45. The molecule has 92 valence electrons. The Hall–Kier alpha value is -1.31. The molecule has 0 saturated carbocycles. The topological polar surface area (TPSA) is 20.3 Å². The average molecular weight is 231 g/mol. The molecule has 1 aliphatic heterocycles. The quantitative estimate of drug-likeness (QED) is 0.764. The van der Waals surface area contributed by atoms with Gasteiger partial charge in [-0.15, -0.1) is 0 Å². The van der Waals surface area contributed by atoms with E-state index in [0.29, 0.717) is 5.92 Å². The van der Waals surface area contributed by atoms with E-state index in [1.165, 1.54) is 11.1 Å². The number of carbonyl (C=O) groups is 1. The molecule has 0 N–H and O–H groups in total. The van der Waals surface area contributed by atoms with Gasteiger partial charge in [-0.2, -0.15) is 0 Å². The Morgan fingerprint density at radius 3 is 2.53 bits per heavy atom. The third-order valence-corrected chi connectivity index (χ3v) is 3.43. The van der Waals surface area contributed by atoms with E-state index in [4.69, 9.17) is 0 Å². The molecule has 0 atom stereocenters. The predicted octanol–water partition coefficient (Wildman–Crippen LogP) is 3.36. The minimum Gasteiger partial charge on any atom is -0.312 e. The van der Waals surface area contributed by atoms with E-state index >= 15 is 0 Å². The highest BCUT2D eigenvalue weighted by Gasteiger charge is 2.26. The van der Waals surface area contributed by atoms with E-state index < -0.39 is 0 Å². The van der Waals surface area contributed by atoms with E-state index in [1.807, 2.05) is 18.7 Å². The summed E-state index contributed by atoms with van der Waals surface area (Å²) in [6, 6.07) is 6.51. The normalized spacial score (nSPS) is 14.6. The number of hydrogen-bond donors (Lipinski definition) is 0. The van der Waals surface area contributed by atoms with Crippen molar-refractivity contribution in [2.45, 2.75) is 40.0 Å². The molecule has 1 aromatic carbocycles. The van der Waals surface area contributed by atoms with Crippen molar-refractivity contribution >= 4 is 11.6 Å². The van der Waals surface area contributed by atoms with Crippen molar-refractivity contribution in [1.82, 2.24) is 0 Å². The third-order valence-electron chi connectivity index (χ3n) is 3.43. The molecule has 2 heteroatoms. The number of anilines is 1. The van der Waals surface area contributed by atoms with Gasteiger partial charge in [0.25, 0.3) is 0 Å². The summed E-state index contributed by atoms with van der Waals surface area (Å²) >= 11 is 0. The van der Waals surface area contributed by atoms with Gasteiger partial charge in [0.2, 0.25) is 5.91 Å². The monoisotopic (exact) mass is 231 g/mol. The second-order valence-electron chi connectivity index (χ2n) is 5.44. The molecule has 0 fully saturated rings. The summed E-state index contributed by atoms with van der Waals surface area (Å²) in [5.41, 5.74) is 3.81. The van der Waals surface area contributed by atoms with E-state index in [-0.39, 0.29) is 11.8 Å². The molecular formula is C15H21NO. The molecule has 1 heterocycles. The van der Waals surface area contributed by atoms with Crippen molar-refractivity contribution in [2.24, 2.45) is 5.92 Å². The van der Waals surface area contributed by atoms with Crippen LogP contribution in [0.3, 0.4) is 0 Å². The standard InChI is InChI=1S/C15H21NO/c1-10(2)12-5-6-14-13(9-12)7-8-16(14)15(17)11(3)4/h5-6,9-11H,7-8H2,1-4H3. The first-order valence-electron chi connectivity index (χ1n) is 6.45. The molecule has 2 nitrogen and oxygen atoms in total. The summed E-state index contributed by atoms with van der Waals surface area (Å²) in [4.78, 5) is 14.0. The molecule has 1 aromatic rings.